The molecular weight excluding hydrogens is 426 g/mol. The predicted molar refractivity (Wildman–Crippen MR) is 115 cm³/mol. The fourth-order valence-electron chi connectivity index (χ4n) is 5.37. The highest BCUT2D eigenvalue weighted by atomic mass is 19.4. The molecule has 1 aromatic carbocycles. The molecule has 6 heteroatoms. The number of halogens is 6. The summed E-state index contributed by atoms with van der Waals surface area (Å²) < 4.78 is 79.2. The van der Waals surface area contributed by atoms with E-state index in [1.165, 1.54) is 12.1 Å². The van der Waals surface area contributed by atoms with Gasteiger partial charge in [-0.05, 0) is 98.8 Å². The lowest BCUT2D eigenvalue weighted by Crippen LogP contribution is -2.16. The van der Waals surface area contributed by atoms with Crippen LogP contribution in [0.15, 0.2) is 24.0 Å². The topological polar surface area (TPSA) is 0 Å². The SMILES string of the molecule is CC1CCC(c2cc(F)c(CCCCC3CCC(C=C(F)C(F)(F)F)CC3)c(F)c2)CC1. The van der Waals surface area contributed by atoms with Gasteiger partial charge in [0.1, 0.15) is 11.6 Å². The summed E-state index contributed by atoms with van der Waals surface area (Å²) in [6.07, 6.45) is 5.39. The molecule has 180 valence electrons. The average Bonchev–Trinajstić information content (AvgIpc) is 2.73. The van der Waals surface area contributed by atoms with Gasteiger partial charge >= 0.3 is 6.18 Å². The number of rotatable bonds is 7. The summed E-state index contributed by atoms with van der Waals surface area (Å²) in [5.41, 5.74) is 0.942. The Labute approximate surface area is 187 Å². The van der Waals surface area contributed by atoms with Crippen LogP contribution in [-0.2, 0) is 6.42 Å². The number of hydrogen-bond donors (Lipinski definition) is 0. The van der Waals surface area contributed by atoms with Crippen LogP contribution >= 0.6 is 0 Å². The van der Waals surface area contributed by atoms with Crippen LogP contribution in [0.25, 0.3) is 0 Å². The van der Waals surface area contributed by atoms with Crippen LogP contribution < -0.4 is 0 Å². The van der Waals surface area contributed by atoms with Gasteiger partial charge in [0.25, 0.3) is 0 Å². The first-order valence-electron chi connectivity index (χ1n) is 12.1. The second kappa shape index (κ2) is 11.1. The van der Waals surface area contributed by atoms with Crippen molar-refractivity contribution in [2.24, 2.45) is 17.8 Å². The molecule has 0 heterocycles. The molecule has 3 rings (SSSR count). The minimum absolute atomic E-state index is 0.161. The van der Waals surface area contributed by atoms with Gasteiger partial charge in [-0.2, -0.15) is 13.2 Å². The van der Waals surface area contributed by atoms with E-state index in [4.69, 9.17) is 0 Å². The Morgan fingerprint density at radius 1 is 0.906 bits per heavy atom. The van der Waals surface area contributed by atoms with Gasteiger partial charge in [0, 0.05) is 5.56 Å². The standard InChI is InChI=1S/C26H34F6/c1-17-6-12-20(13-7-17)21-15-23(27)22(24(28)16-21)5-3-2-4-18-8-10-19(11-9-18)14-25(29)26(30,31)32/h14-20H,2-13H2,1H3. The van der Waals surface area contributed by atoms with Crippen molar-refractivity contribution in [3.63, 3.8) is 0 Å². The van der Waals surface area contributed by atoms with Crippen molar-refractivity contribution in [1.82, 2.24) is 0 Å². The van der Waals surface area contributed by atoms with Crippen molar-refractivity contribution in [2.75, 3.05) is 0 Å². The number of hydrogen-bond acceptors (Lipinski definition) is 0. The zero-order valence-corrected chi connectivity index (χ0v) is 18.8. The molecule has 0 radical (unpaired) electrons. The third-order valence-corrected chi connectivity index (χ3v) is 7.48. The monoisotopic (exact) mass is 460 g/mol. The van der Waals surface area contributed by atoms with Gasteiger partial charge in [0.05, 0.1) is 0 Å². The first-order valence-corrected chi connectivity index (χ1v) is 12.1. The second-order valence-electron chi connectivity index (χ2n) is 9.96. The van der Waals surface area contributed by atoms with Crippen molar-refractivity contribution in [2.45, 2.75) is 96.1 Å². The van der Waals surface area contributed by atoms with Crippen molar-refractivity contribution in [3.8, 4) is 0 Å². The van der Waals surface area contributed by atoms with E-state index in [2.05, 4.69) is 6.92 Å². The quantitative estimate of drug-likeness (QED) is 0.281. The van der Waals surface area contributed by atoms with Crippen LogP contribution in [-0.4, -0.2) is 6.18 Å². The number of allylic oxidation sites excluding steroid dienone is 2. The highest BCUT2D eigenvalue weighted by Gasteiger charge is 2.35. The maximum Gasteiger partial charge on any atom is 0.442 e. The fourth-order valence-corrected chi connectivity index (χ4v) is 5.37. The number of unbranched alkanes of at least 4 members (excludes halogenated alkanes) is 1. The highest BCUT2D eigenvalue weighted by Crippen LogP contribution is 2.38. The van der Waals surface area contributed by atoms with E-state index in [0.29, 0.717) is 37.5 Å². The molecule has 0 atom stereocenters. The van der Waals surface area contributed by atoms with Crippen molar-refractivity contribution in [3.05, 3.63) is 46.8 Å². The molecule has 2 aliphatic carbocycles. The Bertz CT molecular complexity index is 742. The smallest absolute Gasteiger partial charge is 0.207 e. The fraction of sp³-hybridized carbons (Fsp3) is 0.692. The predicted octanol–water partition coefficient (Wildman–Crippen LogP) is 9.19. The Balaban J connectivity index is 1.41. The van der Waals surface area contributed by atoms with Crippen LogP contribution in [0.5, 0.6) is 0 Å². The molecule has 0 saturated heterocycles. The minimum atomic E-state index is -4.89. The Morgan fingerprint density at radius 2 is 1.50 bits per heavy atom. The van der Waals surface area contributed by atoms with E-state index >= 15 is 0 Å². The molecule has 0 amide bonds. The first-order chi connectivity index (χ1) is 15.1. The lowest BCUT2D eigenvalue weighted by atomic mass is 9.79. The van der Waals surface area contributed by atoms with Gasteiger partial charge in [0.2, 0.25) is 0 Å². The van der Waals surface area contributed by atoms with E-state index in [0.717, 1.165) is 63.0 Å². The summed E-state index contributed by atoms with van der Waals surface area (Å²) in [4.78, 5) is 0. The molecule has 1 aromatic rings. The summed E-state index contributed by atoms with van der Waals surface area (Å²) in [5, 5.41) is 0. The Hall–Kier alpha value is -1.46. The second-order valence-corrected chi connectivity index (χ2v) is 9.96. The van der Waals surface area contributed by atoms with E-state index < -0.39 is 23.6 Å². The van der Waals surface area contributed by atoms with Crippen molar-refractivity contribution >= 4 is 0 Å². The molecule has 0 N–H and O–H groups in total. The van der Waals surface area contributed by atoms with Crippen molar-refractivity contribution < 1.29 is 26.3 Å². The molecule has 0 aliphatic heterocycles. The van der Waals surface area contributed by atoms with Crippen LogP contribution in [0.3, 0.4) is 0 Å². The van der Waals surface area contributed by atoms with Crippen LogP contribution in [0.2, 0.25) is 0 Å². The normalized spacial score (nSPS) is 27.5. The third-order valence-electron chi connectivity index (χ3n) is 7.48. The lowest BCUT2D eigenvalue weighted by Gasteiger charge is -2.27. The van der Waals surface area contributed by atoms with Gasteiger partial charge < -0.3 is 0 Å². The maximum absolute atomic E-state index is 14.6. The largest absolute Gasteiger partial charge is 0.442 e. The summed E-state index contributed by atoms with van der Waals surface area (Å²) in [6, 6.07) is 3.04. The van der Waals surface area contributed by atoms with Gasteiger partial charge in [0.15, 0.2) is 5.83 Å². The molecule has 32 heavy (non-hydrogen) atoms. The van der Waals surface area contributed by atoms with Crippen LogP contribution in [0.4, 0.5) is 26.3 Å². The van der Waals surface area contributed by atoms with Gasteiger partial charge in [-0.25, -0.2) is 13.2 Å². The summed E-state index contributed by atoms with van der Waals surface area (Å²) in [5.74, 6) is -1.92. The lowest BCUT2D eigenvalue weighted by molar-refractivity contribution is -0.109. The summed E-state index contributed by atoms with van der Waals surface area (Å²) >= 11 is 0. The highest BCUT2D eigenvalue weighted by molar-refractivity contribution is 5.29. The van der Waals surface area contributed by atoms with Gasteiger partial charge in [-0.15, -0.1) is 0 Å². The molecule has 0 spiro atoms. The van der Waals surface area contributed by atoms with Crippen molar-refractivity contribution in [1.29, 1.82) is 0 Å². The molecule has 0 unspecified atom stereocenters. The molecule has 2 aliphatic rings. The molecule has 0 aromatic heterocycles. The zero-order valence-electron chi connectivity index (χ0n) is 18.8. The zero-order chi connectivity index (χ0) is 23.3. The molecular formula is C26H34F6. The Morgan fingerprint density at radius 3 is 2.06 bits per heavy atom. The Kier molecular flexibility index (Phi) is 8.74. The van der Waals surface area contributed by atoms with Gasteiger partial charge in [-0.1, -0.05) is 32.6 Å². The number of alkyl halides is 3. The van der Waals surface area contributed by atoms with E-state index in [1.54, 1.807) is 0 Å². The first kappa shape index (κ1) is 25.2. The summed E-state index contributed by atoms with van der Waals surface area (Å²) in [7, 11) is 0. The third kappa shape index (κ3) is 7.02. The van der Waals surface area contributed by atoms with Gasteiger partial charge in [-0.3, -0.25) is 0 Å². The maximum atomic E-state index is 14.6. The van der Waals surface area contributed by atoms with Crippen LogP contribution in [0.1, 0.15) is 94.6 Å². The summed E-state index contributed by atoms with van der Waals surface area (Å²) in [6.45, 7) is 2.22. The van der Waals surface area contributed by atoms with E-state index in [9.17, 15) is 26.3 Å². The van der Waals surface area contributed by atoms with E-state index in [-0.39, 0.29) is 17.4 Å². The molecule has 2 fully saturated rings. The van der Waals surface area contributed by atoms with Crippen LogP contribution in [0, 0.1) is 29.4 Å². The molecule has 0 nitrogen and oxygen atoms in total. The van der Waals surface area contributed by atoms with E-state index in [1.807, 2.05) is 0 Å². The minimum Gasteiger partial charge on any atom is -0.207 e. The average molecular weight is 461 g/mol. The number of benzene rings is 1. The molecule has 0 bridgehead atoms. The molecule has 2 saturated carbocycles.